The van der Waals surface area contributed by atoms with E-state index in [0.29, 0.717) is 25.3 Å². The van der Waals surface area contributed by atoms with Crippen molar-refractivity contribution in [2.75, 3.05) is 26.8 Å². The van der Waals surface area contributed by atoms with Crippen molar-refractivity contribution in [1.82, 2.24) is 9.88 Å². The number of hydrogen-bond acceptors (Lipinski definition) is 4. The van der Waals surface area contributed by atoms with Crippen LogP contribution >= 0.6 is 15.9 Å². The van der Waals surface area contributed by atoms with Crippen molar-refractivity contribution in [1.29, 1.82) is 0 Å². The molecule has 2 heterocycles. The zero-order valence-electron chi connectivity index (χ0n) is 11.9. The lowest BCUT2D eigenvalue weighted by atomic mass is 10.0. The van der Waals surface area contributed by atoms with Crippen LogP contribution in [-0.4, -0.2) is 54.3 Å². The summed E-state index contributed by atoms with van der Waals surface area (Å²) in [4.78, 5) is 18.4. The Morgan fingerprint density at radius 2 is 2.35 bits per heavy atom. The zero-order chi connectivity index (χ0) is 14.8. The Bertz CT molecular complexity index is 493. The van der Waals surface area contributed by atoms with Gasteiger partial charge in [-0.05, 0) is 35.8 Å². The summed E-state index contributed by atoms with van der Waals surface area (Å²) in [5.41, 5.74) is 0.199. The standard InChI is InChI=1S/C14H19BrN2O3/c1-14(2)9-17(7-12(20-14)8-19-3)13(18)10-4-11(15)6-16-5-10/h4-6,12H,7-9H2,1-3H3/t12-/m1/s1. The highest BCUT2D eigenvalue weighted by Gasteiger charge is 2.35. The van der Waals surface area contributed by atoms with Crippen LogP contribution in [0.1, 0.15) is 24.2 Å². The predicted molar refractivity (Wildman–Crippen MR) is 78.7 cm³/mol. The summed E-state index contributed by atoms with van der Waals surface area (Å²) >= 11 is 3.34. The first-order valence-corrected chi connectivity index (χ1v) is 7.27. The zero-order valence-corrected chi connectivity index (χ0v) is 13.5. The summed E-state index contributed by atoms with van der Waals surface area (Å²) < 4.78 is 11.9. The van der Waals surface area contributed by atoms with Gasteiger partial charge in [-0.15, -0.1) is 0 Å². The van der Waals surface area contributed by atoms with Gasteiger partial charge in [0.15, 0.2) is 0 Å². The van der Waals surface area contributed by atoms with Crippen molar-refractivity contribution in [3.8, 4) is 0 Å². The molecule has 5 nitrogen and oxygen atoms in total. The van der Waals surface area contributed by atoms with Gasteiger partial charge in [-0.1, -0.05) is 0 Å². The van der Waals surface area contributed by atoms with E-state index < -0.39 is 0 Å². The number of rotatable bonds is 3. The van der Waals surface area contributed by atoms with Crippen molar-refractivity contribution in [2.45, 2.75) is 25.6 Å². The molecule has 1 amide bonds. The van der Waals surface area contributed by atoms with Gasteiger partial charge in [0.1, 0.15) is 0 Å². The van der Waals surface area contributed by atoms with Crippen LogP contribution in [0.5, 0.6) is 0 Å². The Morgan fingerprint density at radius 1 is 1.60 bits per heavy atom. The Hall–Kier alpha value is -0.980. The van der Waals surface area contributed by atoms with Gasteiger partial charge in [-0.3, -0.25) is 9.78 Å². The molecule has 0 N–H and O–H groups in total. The minimum Gasteiger partial charge on any atom is -0.382 e. The average molecular weight is 343 g/mol. The number of aromatic nitrogens is 1. The highest BCUT2D eigenvalue weighted by molar-refractivity contribution is 9.10. The average Bonchev–Trinajstić information content (AvgIpc) is 2.36. The Kier molecular flexibility index (Phi) is 4.78. The molecule has 0 spiro atoms. The van der Waals surface area contributed by atoms with E-state index in [1.165, 1.54) is 0 Å². The lowest BCUT2D eigenvalue weighted by Crippen LogP contribution is -2.55. The van der Waals surface area contributed by atoms with Crippen LogP contribution in [0.2, 0.25) is 0 Å². The van der Waals surface area contributed by atoms with Gasteiger partial charge in [0.25, 0.3) is 5.91 Å². The van der Waals surface area contributed by atoms with E-state index in [1.54, 1.807) is 30.5 Å². The molecule has 1 aromatic rings. The van der Waals surface area contributed by atoms with Crippen molar-refractivity contribution >= 4 is 21.8 Å². The van der Waals surface area contributed by atoms with Crippen LogP contribution in [0, 0.1) is 0 Å². The number of hydrogen-bond donors (Lipinski definition) is 0. The first-order chi connectivity index (χ1) is 9.41. The lowest BCUT2D eigenvalue weighted by Gasteiger charge is -2.42. The molecule has 0 radical (unpaired) electrons. The van der Waals surface area contributed by atoms with Gasteiger partial charge in [0, 0.05) is 37.1 Å². The van der Waals surface area contributed by atoms with Crippen LogP contribution in [0.3, 0.4) is 0 Å². The van der Waals surface area contributed by atoms with Crippen molar-refractivity contribution < 1.29 is 14.3 Å². The van der Waals surface area contributed by atoms with Gasteiger partial charge >= 0.3 is 0 Å². The second kappa shape index (κ2) is 6.20. The summed E-state index contributed by atoms with van der Waals surface area (Å²) in [5, 5.41) is 0. The van der Waals surface area contributed by atoms with Crippen LogP contribution in [0.25, 0.3) is 0 Å². The number of carbonyl (C=O) groups excluding carboxylic acids is 1. The minimum absolute atomic E-state index is 0.0312. The maximum atomic E-state index is 12.6. The van der Waals surface area contributed by atoms with E-state index in [-0.39, 0.29) is 17.6 Å². The van der Waals surface area contributed by atoms with E-state index in [2.05, 4.69) is 20.9 Å². The quantitative estimate of drug-likeness (QED) is 0.844. The first kappa shape index (κ1) is 15.4. The maximum absolute atomic E-state index is 12.6. The summed E-state index contributed by atoms with van der Waals surface area (Å²) in [6.07, 6.45) is 3.14. The molecule has 0 saturated carbocycles. The highest BCUT2D eigenvalue weighted by atomic mass is 79.9. The third-order valence-corrected chi connectivity index (χ3v) is 3.51. The number of methoxy groups -OCH3 is 1. The SMILES string of the molecule is COC[C@H]1CN(C(=O)c2cncc(Br)c2)CC(C)(C)O1. The fourth-order valence-corrected chi connectivity index (χ4v) is 2.80. The second-order valence-corrected chi connectivity index (χ2v) is 6.45. The molecule has 2 rings (SSSR count). The fourth-order valence-electron chi connectivity index (χ4n) is 2.43. The third-order valence-electron chi connectivity index (χ3n) is 3.07. The van der Waals surface area contributed by atoms with Crippen LogP contribution < -0.4 is 0 Å². The van der Waals surface area contributed by atoms with Crippen LogP contribution in [-0.2, 0) is 9.47 Å². The second-order valence-electron chi connectivity index (χ2n) is 5.53. The fraction of sp³-hybridized carbons (Fsp3) is 0.571. The molecule has 0 unspecified atom stereocenters. The number of carbonyl (C=O) groups is 1. The summed E-state index contributed by atoms with van der Waals surface area (Å²) in [6, 6.07) is 1.78. The number of ether oxygens (including phenoxy) is 2. The van der Waals surface area contributed by atoms with Crippen LogP contribution in [0.4, 0.5) is 0 Å². The smallest absolute Gasteiger partial charge is 0.255 e. The lowest BCUT2D eigenvalue weighted by molar-refractivity contribution is -0.143. The molecule has 1 saturated heterocycles. The van der Waals surface area contributed by atoms with Gasteiger partial charge in [0.05, 0.1) is 23.9 Å². The highest BCUT2D eigenvalue weighted by Crippen LogP contribution is 2.23. The number of morpholine rings is 1. The van der Waals surface area contributed by atoms with Gasteiger partial charge in [-0.25, -0.2) is 0 Å². The normalized spacial score (nSPS) is 21.8. The molecule has 0 aliphatic carbocycles. The maximum Gasteiger partial charge on any atom is 0.255 e. The third kappa shape index (κ3) is 3.77. The van der Waals surface area contributed by atoms with E-state index in [9.17, 15) is 4.79 Å². The molecule has 110 valence electrons. The summed E-state index contributed by atoms with van der Waals surface area (Å²) in [5.74, 6) is -0.0312. The number of amides is 1. The molecular formula is C14H19BrN2O3. The largest absolute Gasteiger partial charge is 0.382 e. The van der Waals surface area contributed by atoms with E-state index in [4.69, 9.17) is 9.47 Å². The molecule has 1 aliphatic rings. The van der Waals surface area contributed by atoms with E-state index >= 15 is 0 Å². The molecule has 0 bridgehead atoms. The Morgan fingerprint density at radius 3 is 3.00 bits per heavy atom. The van der Waals surface area contributed by atoms with Gasteiger partial charge in [0.2, 0.25) is 0 Å². The van der Waals surface area contributed by atoms with E-state index in [0.717, 1.165) is 4.47 Å². The number of nitrogens with zero attached hydrogens (tertiary/aromatic N) is 2. The van der Waals surface area contributed by atoms with Crippen LogP contribution in [0.15, 0.2) is 22.9 Å². The number of halogens is 1. The Balaban J connectivity index is 2.16. The van der Waals surface area contributed by atoms with Crippen molar-refractivity contribution in [3.63, 3.8) is 0 Å². The van der Waals surface area contributed by atoms with E-state index in [1.807, 2.05) is 13.8 Å². The number of pyridine rings is 1. The monoisotopic (exact) mass is 342 g/mol. The molecular weight excluding hydrogens is 324 g/mol. The van der Waals surface area contributed by atoms with Crippen molar-refractivity contribution in [3.05, 3.63) is 28.5 Å². The van der Waals surface area contributed by atoms with Crippen molar-refractivity contribution in [2.24, 2.45) is 0 Å². The predicted octanol–water partition coefficient (Wildman–Crippen LogP) is 2.11. The molecule has 6 heteroatoms. The molecule has 0 aromatic carbocycles. The summed E-state index contributed by atoms with van der Waals surface area (Å²) in [7, 11) is 1.63. The van der Waals surface area contributed by atoms with Gasteiger partial charge in [-0.2, -0.15) is 0 Å². The molecule has 1 aromatic heterocycles. The minimum atomic E-state index is -0.378. The molecule has 1 fully saturated rings. The summed E-state index contributed by atoms with van der Waals surface area (Å²) in [6.45, 7) is 5.52. The first-order valence-electron chi connectivity index (χ1n) is 6.48. The molecule has 20 heavy (non-hydrogen) atoms. The van der Waals surface area contributed by atoms with Gasteiger partial charge < -0.3 is 14.4 Å². The molecule has 1 aliphatic heterocycles. The Labute approximate surface area is 127 Å². The molecule has 1 atom stereocenters. The topological polar surface area (TPSA) is 51.7 Å².